The number of aromatic nitrogens is 1. The molecule has 8 nitrogen and oxygen atoms in total. The molecule has 0 aliphatic carbocycles. The largest absolute Gasteiger partial charge is 0.480 e. The van der Waals surface area contributed by atoms with Crippen LogP contribution in [0.25, 0.3) is 11.1 Å². The number of carbonyl (C=O) groups excluding carboxylic acids is 1. The molecule has 2 fully saturated rings. The smallest absolute Gasteiger partial charge is 0.395 e. The molecule has 2 aromatic rings. The number of carboxylic acids is 1. The number of ether oxygens (including phenoxy) is 1. The van der Waals surface area contributed by atoms with Gasteiger partial charge in [-0.05, 0) is 76.4 Å². The Bertz CT molecular complexity index is 1260. The molecular formula is C29H35F4N3O5. The number of carbonyl (C=O) groups is 2. The molecule has 1 amide bonds. The number of nitrogens with zero attached hydrogens (tertiary/aromatic N) is 3. The van der Waals surface area contributed by atoms with E-state index in [4.69, 9.17) is 4.74 Å². The maximum Gasteiger partial charge on any atom is 0.395 e. The monoisotopic (exact) mass is 581 g/mol. The van der Waals surface area contributed by atoms with E-state index in [0.29, 0.717) is 36.7 Å². The van der Waals surface area contributed by atoms with E-state index in [1.165, 1.54) is 45.2 Å². The highest BCUT2D eigenvalue weighted by atomic mass is 19.4. The number of rotatable bonds is 8. The third-order valence-electron chi connectivity index (χ3n) is 8.16. The molecule has 0 radical (unpaired) electrons. The molecule has 2 atom stereocenters. The van der Waals surface area contributed by atoms with Crippen LogP contribution in [-0.4, -0.2) is 87.5 Å². The maximum atomic E-state index is 15.0. The highest BCUT2D eigenvalue weighted by molar-refractivity contribution is 5.99. The summed E-state index contributed by atoms with van der Waals surface area (Å²) in [6.45, 7) is 5.04. The van der Waals surface area contributed by atoms with Crippen molar-refractivity contribution in [1.82, 2.24) is 14.8 Å². The lowest BCUT2D eigenvalue weighted by Crippen LogP contribution is -2.50. The fourth-order valence-electron chi connectivity index (χ4n) is 5.37. The summed E-state index contributed by atoms with van der Waals surface area (Å²) in [7, 11) is 0. The maximum absolute atomic E-state index is 15.0. The van der Waals surface area contributed by atoms with Crippen molar-refractivity contribution in [2.75, 3.05) is 32.8 Å². The lowest BCUT2D eigenvalue weighted by atomic mass is 9.89. The topological polar surface area (TPSA) is 103 Å². The molecule has 12 heteroatoms. The normalized spacial score (nSPS) is 22.6. The van der Waals surface area contributed by atoms with E-state index >= 15 is 4.39 Å². The first-order valence-corrected chi connectivity index (χ1v) is 13.5. The van der Waals surface area contributed by atoms with Gasteiger partial charge in [0.15, 0.2) is 0 Å². The van der Waals surface area contributed by atoms with Gasteiger partial charge in [0, 0.05) is 37.3 Å². The average Bonchev–Trinajstić information content (AvgIpc) is 3.22. The minimum atomic E-state index is -4.25. The molecule has 0 bridgehead atoms. The van der Waals surface area contributed by atoms with Crippen LogP contribution < -0.4 is 4.74 Å². The van der Waals surface area contributed by atoms with E-state index < -0.39 is 40.9 Å². The molecule has 41 heavy (non-hydrogen) atoms. The van der Waals surface area contributed by atoms with Gasteiger partial charge in [0.05, 0.1) is 23.7 Å². The van der Waals surface area contributed by atoms with Crippen molar-refractivity contribution in [3.8, 4) is 17.0 Å². The Labute approximate surface area is 235 Å². The fraction of sp³-hybridized carbons (Fsp3) is 0.552. The quantitative estimate of drug-likeness (QED) is 0.439. The zero-order valence-electron chi connectivity index (χ0n) is 23.2. The van der Waals surface area contributed by atoms with Gasteiger partial charge >= 0.3 is 12.1 Å². The van der Waals surface area contributed by atoms with Gasteiger partial charge in [0.25, 0.3) is 5.91 Å². The Kier molecular flexibility index (Phi) is 8.65. The molecule has 2 aliphatic rings. The molecule has 2 N–H and O–H groups in total. The van der Waals surface area contributed by atoms with Gasteiger partial charge in [-0.3, -0.25) is 4.79 Å². The van der Waals surface area contributed by atoms with Crippen LogP contribution in [0.4, 0.5) is 17.6 Å². The number of aliphatic carboxylic acids is 1. The molecule has 0 spiro atoms. The number of benzene rings is 1. The van der Waals surface area contributed by atoms with Gasteiger partial charge in [0.2, 0.25) is 5.88 Å². The Balaban J connectivity index is 1.32. The van der Waals surface area contributed by atoms with E-state index in [-0.39, 0.29) is 31.0 Å². The summed E-state index contributed by atoms with van der Waals surface area (Å²) in [4.78, 5) is 31.8. The summed E-state index contributed by atoms with van der Waals surface area (Å²) in [6.07, 6.45) is -2.47. The van der Waals surface area contributed by atoms with Gasteiger partial charge in [-0.15, -0.1) is 0 Å². The number of aliphatic hydroxyl groups is 1. The molecular weight excluding hydrogens is 546 g/mol. The third kappa shape index (κ3) is 6.64. The number of hydrogen-bond donors (Lipinski definition) is 2. The van der Waals surface area contributed by atoms with Crippen molar-refractivity contribution in [1.29, 1.82) is 0 Å². The standard InChI is InChI=1S/C29H35F4N3O5/c1-27(2,29(31,32)33)17-35-10-8-18(9-11-35)16-41-24-7-5-20(14-34-24)19-4-6-22(23(30)12-19)25(38)36-15-21(37)13-28(36,3)26(39)40/h4-7,12,14,18,21,37H,8-11,13,15-17H2,1-3H3,(H,39,40). The molecule has 1 aromatic carbocycles. The van der Waals surface area contributed by atoms with Crippen LogP contribution in [0.1, 0.15) is 50.4 Å². The number of β-amino-alcohol motifs (C(OH)–C–C–N with tert-alkyl or cyclic N) is 1. The Morgan fingerprint density at radius 1 is 1.12 bits per heavy atom. The third-order valence-corrected chi connectivity index (χ3v) is 8.16. The first kappa shape index (κ1) is 30.7. The highest BCUT2D eigenvalue weighted by Gasteiger charge is 2.50. The van der Waals surface area contributed by atoms with Crippen LogP contribution in [0, 0.1) is 17.2 Å². The first-order valence-electron chi connectivity index (χ1n) is 13.5. The number of halogens is 4. The summed E-state index contributed by atoms with van der Waals surface area (Å²) in [6, 6.07) is 7.32. The lowest BCUT2D eigenvalue weighted by Gasteiger charge is -2.38. The number of pyridine rings is 1. The highest BCUT2D eigenvalue weighted by Crippen LogP contribution is 2.39. The van der Waals surface area contributed by atoms with Crippen LogP contribution >= 0.6 is 0 Å². The summed E-state index contributed by atoms with van der Waals surface area (Å²) in [5, 5.41) is 19.5. The van der Waals surface area contributed by atoms with Crippen molar-refractivity contribution in [2.24, 2.45) is 11.3 Å². The van der Waals surface area contributed by atoms with Crippen molar-refractivity contribution in [3.63, 3.8) is 0 Å². The lowest BCUT2D eigenvalue weighted by molar-refractivity contribution is -0.217. The molecule has 2 aliphatic heterocycles. The van der Waals surface area contributed by atoms with E-state index in [1.54, 1.807) is 12.1 Å². The molecule has 2 unspecified atom stereocenters. The van der Waals surface area contributed by atoms with Gasteiger partial charge in [-0.2, -0.15) is 13.2 Å². The Morgan fingerprint density at radius 3 is 2.34 bits per heavy atom. The van der Waals surface area contributed by atoms with E-state index in [0.717, 1.165) is 17.7 Å². The molecule has 1 aromatic heterocycles. The SMILES string of the molecule is CC1(C(=O)O)CC(O)CN1C(=O)c1ccc(-c2ccc(OCC3CCN(CC(C)(C)C(F)(F)F)CC3)nc2)cc1F. The number of alkyl halides is 3. The number of aliphatic hydroxyl groups excluding tert-OH is 1. The van der Waals surface area contributed by atoms with Crippen LogP contribution in [0.15, 0.2) is 36.5 Å². The summed E-state index contributed by atoms with van der Waals surface area (Å²) in [5.74, 6) is -2.36. The predicted molar refractivity (Wildman–Crippen MR) is 142 cm³/mol. The number of carboxylic acid groups (broad SMARTS) is 1. The van der Waals surface area contributed by atoms with Crippen LogP contribution in [0.5, 0.6) is 5.88 Å². The van der Waals surface area contributed by atoms with Gasteiger partial charge in [-0.1, -0.05) is 6.07 Å². The van der Waals surface area contributed by atoms with Crippen molar-refractivity contribution in [2.45, 2.75) is 57.9 Å². The van der Waals surface area contributed by atoms with Crippen molar-refractivity contribution in [3.05, 3.63) is 47.9 Å². The van der Waals surface area contributed by atoms with Crippen LogP contribution in [-0.2, 0) is 4.79 Å². The summed E-state index contributed by atoms with van der Waals surface area (Å²) in [5.41, 5.74) is -2.67. The second-order valence-electron chi connectivity index (χ2n) is 11.8. The Morgan fingerprint density at radius 2 is 1.78 bits per heavy atom. The van der Waals surface area contributed by atoms with Gasteiger partial charge in [0.1, 0.15) is 11.4 Å². The second-order valence-corrected chi connectivity index (χ2v) is 11.8. The Hall–Kier alpha value is -3.25. The second kappa shape index (κ2) is 11.6. The van der Waals surface area contributed by atoms with Gasteiger partial charge < -0.3 is 24.7 Å². The molecule has 224 valence electrons. The molecule has 2 saturated heterocycles. The van der Waals surface area contributed by atoms with Crippen LogP contribution in [0.2, 0.25) is 0 Å². The minimum absolute atomic E-state index is 0.0358. The number of piperidine rings is 1. The average molecular weight is 582 g/mol. The van der Waals surface area contributed by atoms with E-state index in [1.807, 2.05) is 4.90 Å². The molecule has 0 saturated carbocycles. The minimum Gasteiger partial charge on any atom is -0.480 e. The van der Waals surface area contributed by atoms with E-state index in [9.17, 15) is 33.0 Å². The zero-order valence-corrected chi connectivity index (χ0v) is 23.2. The number of likely N-dealkylation sites (tertiary alicyclic amines) is 2. The summed E-state index contributed by atoms with van der Waals surface area (Å²) < 4.78 is 60.4. The molecule has 4 rings (SSSR count). The predicted octanol–water partition coefficient (Wildman–Crippen LogP) is 4.62. The fourth-order valence-corrected chi connectivity index (χ4v) is 5.37. The zero-order chi connectivity index (χ0) is 30.2. The molecule has 3 heterocycles. The number of amides is 1. The number of hydrogen-bond acceptors (Lipinski definition) is 6. The van der Waals surface area contributed by atoms with Crippen LogP contribution in [0.3, 0.4) is 0 Å². The van der Waals surface area contributed by atoms with Gasteiger partial charge in [-0.25, -0.2) is 14.2 Å². The van der Waals surface area contributed by atoms with Crippen molar-refractivity contribution < 1.29 is 42.1 Å². The van der Waals surface area contributed by atoms with E-state index in [2.05, 4.69) is 4.98 Å². The summed E-state index contributed by atoms with van der Waals surface area (Å²) >= 11 is 0. The van der Waals surface area contributed by atoms with Crippen molar-refractivity contribution >= 4 is 11.9 Å². The first-order chi connectivity index (χ1) is 19.1.